The first-order chi connectivity index (χ1) is 14.5. The number of halogens is 2. The molecule has 0 aliphatic heterocycles. The second-order valence-electron chi connectivity index (χ2n) is 6.79. The summed E-state index contributed by atoms with van der Waals surface area (Å²) >= 11 is 0. The van der Waals surface area contributed by atoms with Crippen LogP contribution in [0.1, 0.15) is 15.9 Å². The average Bonchev–Trinajstić information content (AvgIpc) is 2.76. The molecule has 1 amide bonds. The predicted molar refractivity (Wildman–Crippen MR) is 113 cm³/mol. The first kappa shape index (κ1) is 19.5. The standard InChI is InChI=1S/C24H18F2N2O2/c1-14-22(24(29)27-16-9-12-19(25)20(26)13-16)18-5-3-4-6-21(18)28-23(14)15-7-10-17(30-2)11-8-15/h3-13H,1-2H3,(H,27,29). The number of para-hydroxylation sites is 1. The van der Waals surface area contributed by atoms with Gasteiger partial charge in [0.25, 0.3) is 5.91 Å². The van der Waals surface area contributed by atoms with Crippen molar-refractivity contribution < 1.29 is 18.3 Å². The molecule has 0 fully saturated rings. The Morgan fingerprint density at radius 3 is 2.40 bits per heavy atom. The van der Waals surface area contributed by atoms with Gasteiger partial charge in [0.2, 0.25) is 0 Å². The minimum atomic E-state index is -1.02. The number of carbonyl (C=O) groups excluding carboxylic acids is 1. The van der Waals surface area contributed by atoms with Gasteiger partial charge in [0, 0.05) is 22.7 Å². The van der Waals surface area contributed by atoms with Crippen molar-refractivity contribution in [1.82, 2.24) is 4.98 Å². The molecule has 6 heteroatoms. The number of pyridine rings is 1. The van der Waals surface area contributed by atoms with Crippen LogP contribution in [0.4, 0.5) is 14.5 Å². The van der Waals surface area contributed by atoms with Gasteiger partial charge in [-0.1, -0.05) is 18.2 Å². The minimum absolute atomic E-state index is 0.171. The van der Waals surface area contributed by atoms with E-state index in [4.69, 9.17) is 9.72 Å². The lowest BCUT2D eigenvalue weighted by atomic mass is 9.97. The number of nitrogens with one attached hydrogen (secondary N) is 1. The van der Waals surface area contributed by atoms with Gasteiger partial charge >= 0.3 is 0 Å². The van der Waals surface area contributed by atoms with Crippen molar-refractivity contribution in [3.8, 4) is 17.0 Å². The Balaban J connectivity index is 1.83. The summed E-state index contributed by atoms with van der Waals surface area (Å²) in [7, 11) is 1.59. The number of amides is 1. The smallest absolute Gasteiger partial charge is 0.256 e. The molecule has 3 aromatic carbocycles. The van der Waals surface area contributed by atoms with Gasteiger partial charge < -0.3 is 10.1 Å². The molecule has 0 atom stereocenters. The second-order valence-corrected chi connectivity index (χ2v) is 6.79. The molecule has 0 aliphatic carbocycles. The van der Waals surface area contributed by atoms with E-state index >= 15 is 0 Å². The summed E-state index contributed by atoms with van der Waals surface area (Å²) in [4.78, 5) is 17.9. The van der Waals surface area contributed by atoms with Gasteiger partial charge in [0.05, 0.1) is 23.9 Å². The van der Waals surface area contributed by atoms with Crippen molar-refractivity contribution in [2.45, 2.75) is 6.92 Å². The molecular weight excluding hydrogens is 386 g/mol. The molecule has 0 saturated carbocycles. The van der Waals surface area contributed by atoms with E-state index in [9.17, 15) is 13.6 Å². The SMILES string of the molecule is COc1ccc(-c2nc3ccccc3c(C(=O)Nc3ccc(F)c(F)c3)c2C)cc1. The fourth-order valence-corrected chi connectivity index (χ4v) is 3.40. The molecule has 0 saturated heterocycles. The van der Waals surface area contributed by atoms with Gasteiger partial charge in [-0.25, -0.2) is 13.8 Å². The monoisotopic (exact) mass is 404 g/mol. The van der Waals surface area contributed by atoms with Gasteiger partial charge in [0.15, 0.2) is 11.6 Å². The lowest BCUT2D eigenvalue weighted by Crippen LogP contribution is -2.15. The zero-order valence-electron chi connectivity index (χ0n) is 16.4. The van der Waals surface area contributed by atoms with E-state index < -0.39 is 17.5 Å². The highest BCUT2D eigenvalue weighted by atomic mass is 19.2. The number of hydrogen-bond donors (Lipinski definition) is 1. The summed E-state index contributed by atoms with van der Waals surface area (Å²) in [5.74, 6) is -1.70. The van der Waals surface area contributed by atoms with Gasteiger partial charge in [-0.2, -0.15) is 0 Å². The van der Waals surface area contributed by atoms with Crippen LogP contribution < -0.4 is 10.1 Å². The minimum Gasteiger partial charge on any atom is -0.497 e. The second kappa shape index (κ2) is 7.91. The number of benzene rings is 3. The van der Waals surface area contributed by atoms with Gasteiger partial charge in [-0.05, 0) is 55.0 Å². The molecule has 1 aromatic heterocycles. The number of anilines is 1. The van der Waals surface area contributed by atoms with Crippen LogP contribution in [-0.2, 0) is 0 Å². The number of methoxy groups -OCH3 is 1. The number of carbonyl (C=O) groups is 1. The number of fused-ring (bicyclic) bond motifs is 1. The van der Waals surface area contributed by atoms with Crippen molar-refractivity contribution in [3.63, 3.8) is 0 Å². The van der Waals surface area contributed by atoms with Gasteiger partial charge in [-0.15, -0.1) is 0 Å². The predicted octanol–water partition coefficient (Wildman–Crippen LogP) is 5.75. The normalized spacial score (nSPS) is 10.8. The Labute approximate surface area is 172 Å². The van der Waals surface area contributed by atoms with E-state index in [1.165, 1.54) is 6.07 Å². The van der Waals surface area contributed by atoms with Crippen molar-refractivity contribution in [2.75, 3.05) is 12.4 Å². The van der Waals surface area contributed by atoms with Crippen LogP contribution in [0.5, 0.6) is 5.75 Å². The molecule has 4 aromatic rings. The topological polar surface area (TPSA) is 51.2 Å². The zero-order valence-corrected chi connectivity index (χ0v) is 16.4. The fourth-order valence-electron chi connectivity index (χ4n) is 3.40. The van der Waals surface area contributed by atoms with E-state index in [1.54, 1.807) is 7.11 Å². The summed E-state index contributed by atoms with van der Waals surface area (Å²) in [6.45, 7) is 1.82. The van der Waals surface area contributed by atoms with E-state index in [0.29, 0.717) is 33.5 Å². The average molecular weight is 404 g/mol. The highest BCUT2D eigenvalue weighted by molar-refractivity contribution is 6.14. The Morgan fingerprint density at radius 1 is 0.967 bits per heavy atom. The van der Waals surface area contributed by atoms with Crippen LogP contribution in [0.3, 0.4) is 0 Å². The molecule has 4 nitrogen and oxygen atoms in total. The van der Waals surface area contributed by atoms with Crippen molar-refractivity contribution in [1.29, 1.82) is 0 Å². The summed E-state index contributed by atoms with van der Waals surface area (Å²) in [6, 6.07) is 18.0. The highest BCUT2D eigenvalue weighted by Crippen LogP contribution is 2.31. The van der Waals surface area contributed by atoms with Crippen LogP contribution in [0.25, 0.3) is 22.2 Å². The molecule has 1 N–H and O–H groups in total. The third kappa shape index (κ3) is 3.59. The molecule has 0 radical (unpaired) electrons. The van der Waals surface area contributed by atoms with Crippen molar-refractivity contribution in [2.24, 2.45) is 0 Å². The number of rotatable bonds is 4. The van der Waals surface area contributed by atoms with Gasteiger partial charge in [-0.3, -0.25) is 4.79 Å². The number of nitrogens with zero attached hydrogens (tertiary/aromatic N) is 1. The lowest BCUT2D eigenvalue weighted by Gasteiger charge is -2.15. The Bertz CT molecular complexity index is 1250. The third-order valence-corrected chi connectivity index (χ3v) is 4.90. The number of ether oxygens (including phenoxy) is 1. The summed E-state index contributed by atoms with van der Waals surface area (Å²) in [5.41, 5.74) is 3.43. The maximum absolute atomic E-state index is 13.6. The van der Waals surface area contributed by atoms with Crippen LogP contribution in [0.2, 0.25) is 0 Å². The van der Waals surface area contributed by atoms with Crippen molar-refractivity contribution in [3.05, 3.63) is 89.5 Å². The van der Waals surface area contributed by atoms with Crippen LogP contribution in [0.15, 0.2) is 66.7 Å². The Morgan fingerprint density at radius 2 is 1.70 bits per heavy atom. The molecule has 150 valence electrons. The van der Waals surface area contributed by atoms with Crippen LogP contribution in [-0.4, -0.2) is 18.0 Å². The first-order valence-electron chi connectivity index (χ1n) is 9.28. The first-order valence-corrected chi connectivity index (χ1v) is 9.28. The summed E-state index contributed by atoms with van der Waals surface area (Å²) in [6.07, 6.45) is 0. The van der Waals surface area contributed by atoms with E-state index in [2.05, 4.69) is 5.32 Å². The van der Waals surface area contributed by atoms with Gasteiger partial charge in [0.1, 0.15) is 5.75 Å². The zero-order chi connectivity index (χ0) is 21.3. The fraction of sp³-hybridized carbons (Fsp3) is 0.0833. The maximum Gasteiger partial charge on any atom is 0.256 e. The Kier molecular flexibility index (Phi) is 5.14. The van der Waals surface area contributed by atoms with Crippen LogP contribution >= 0.6 is 0 Å². The van der Waals surface area contributed by atoms with Crippen LogP contribution in [0, 0.1) is 18.6 Å². The third-order valence-electron chi connectivity index (χ3n) is 4.90. The van der Waals surface area contributed by atoms with Crippen molar-refractivity contribution >= 4 is 22.5 Å². The lowest BCUT2D eigenvalue weighted by molar-refractivity contribution is 0.102. The molecule has 4 rings (SSSR count). The van der Waals surface area contributed by atoms with E-state index in [1.807, 2.05) is 55.5 Å². The summed E-state index contributed by atoms with van der Waals surface area (Å²) < 4.78 is 32.0. The molecule has 0 aliphatic rings. The Hall–Kier alpha value is -3.80. The number of aromatic nitrogens is 1. The molecule has 1 heterocycles. The molecular formula is C24H18F2N2O2. The highest BCUT2D eigenvalue weighted by Gasteiger charge is 2.19. The van der Waals surface area contributed by atoms with E-state index in [0.717, 1.165) is 17.7 Å². The molecule has 30 heavy (non-hydrogen) atoms. The quantitative estimate of drug-likeness (QED) is 0.471. The largest absolute Gasteiger partial charge is 0.497 e. The molecule has 0 unspecified atom stereocenters. The van der Waals surface area contributed by atoms with E-state index in [-0.39, 0.29) is 5.69 Å². The summed E-state index contributed by atoms with van der Waals surface area (Å²) in [5, 5.41) is 3.34. The number of hydrogen-bond acceptors (Lipinski definition) is 3. The molecule has 0 bridgehead atoms. The molecule has 0 spiro atoms. The maximum atomic E-state index is 13.6.